The molecule has 1 atom stereocenters. The molecule has 1 fully saturated rings. The lowest BCUT2D eigenvalue weighted by Gasteiger charge is -2.32. The molecule has 0 spiro atoms. The third-order valence-corrected chi connectivity index (χ3v) is 3.38. The first-order chi connectivity index (χ1) is 8.50. The van der Waals surface area contributed by atoms with Gasteiger partial charge in [0.1, 0.15) is 6.04 Å². The molecule has 98 valence electrons. The Kier molecular flexibility index (Phi) is 3.36. The summed E-state index contributed by atoms with van der Waals surface area (Å²) < 4.78 is 1.62. The summed E-state index contributed by atoms with van der Waals surface area (Å²) in [6, 6.07) is 0.976. The predicted octanol–water partition coefficient (Wildman–Crippen LogP) is 0.808. The van der Waals surface area contributed by atoms with Crippen molar-refractivity contribution in [1.29, 1.82) is 0 Å². The number of aromatic nitrogens is 2. The molecule has 2 rings (SSSR count). The Morgan fingerprint density at radius 1 is 1.44 bits per heavy atom. The van der Waals surface area contributed by atoms with Crippen LogP contribution in [0.1, 0.15) is 35.4 Å². The topological polar surface area (TPSA) is 75.4 Å². The summed E-state index contributed by atoms with van der Waals surface area (Å²) in [5, 5.41) is 13.3. The summed E-state index contributed by atoms with van der Waals surface area (Å²) >= 11 is 0. The molecule has 1 aromatic heterocycles. The Morgan fingerprint density at radius 3 is 2.72 bits per heavy atom. The molecule has 0 saturated carbocycles. The Hall–Kier alpha value is -1.85. The van der Waals surface area contributed by atoms with Gasteiger partial charge in [-0.2, -0.15) is 5.10 Å². The highest BCUT2D eigenvalue weighted by atomic mass is 16.4. The number of carbonyl (C=O) groups is 2. The second-order valence-corrected chi connectivity index (χ2v) is 4.64. The Bertz CT molecular complexity index is 461. The molecule has 6 heteroatoms. The normalized spacial score (nSPS) is 19.9. The highest BCUT2D eigenvalue weighted by Gasteiger charge is 2.33. The van der Waals surface area contributed by atoms with Gasteiger partial charge in [-0.25, -0.2) is 4.79 Å². The van der Waals surface area contributed by atoms with Crippen LogP contribution in [0.2, 0.25) is 0 Å². The van der Waals surface area contributed by atoms with Gasteiger partial charge in [0.2, 0.25) is 0 Å². The van der Waals surface area contributed by atoms with Gasteiger partial charge >= 0.3 is 5.97 Å². The van der Waals surface area contributed by atoms with E-state index in [2.05, 4.69) is 5.10 Å². The van der Waals surface area contributed by atoms with E-state index < -0.39 is 12.0 Å². The molecular weight excluding hydrogens is 234 g/mol. The Balaban J connectivity index is 2.23. The van der Waals surface area contributed by atoms with Gasteiger partial charge in [0.25, 0.3) is 5.91 Å². The Morgan fingerprint density at radius 2 is 2.17 bits per heavy atom. The molecule has 1 aliphatic rings. The van der Waals surface area contributed by atoms with E-state index in [9.17, 15) is 9.59 Å². The van der Waals surface area contributed by atoms with Gasteiger partial charge in [-0.15, -0.1) is 0 Å². The van der Waals surface area contributed by atoms with Crippen LogP contribution in [0.15, 0.2) is 6.07 Å². The minimum Gasteiger partial charge on any atom is -0.480 e. The number of rotatable bonds is 2. The van der Waals surface area contributed by atoms with E-state index in [-0.39, 0.29) is 5.91 Å². The van der Waals surface area contributed by atoms with Crippen LogP contribution in [-0.2, 0) is 11.8 Å². The zero-order valence-corrected chi connectivity index (χ0v) is 10.6. The summed E-state index contributed by atoms with van der Waals surface area (Å²) in [5.74, 6) is -1.22. The van der Waals surface area contributed by atoms with Gasteiger partial charge < -0.3 is 10.0 Å². The largest absolute Gasteiger partial charge is 0.480 e. The highest BCUT2D eigenvalue weighted by molar-refractivity contribution is 5.95. The van der Waals surface area contributed by atoms with Gasteiger partial charge in [-0.1, -0.05) is 0 Å². The average Bonchev–Trinajstić information content (AvgIpc) is 2.68. The van der Waals surface area contributed by atoms with Crippen molar-refractivity contribution in [2.75, 3.05) is 6.54 Å². The van der Waals surface area contributed by atoms with Crippen LogP contribution in [-0.4, -0.2) is 44.3 Å². The fraction of sp³-hybridized carbons (Fsp3) is 0.583. The van der Waals surface area contributed by atoms with E-state index in [1.54, 1.807) is 17.8 Å². The third-order valence-electron chi connectivity index (χ3n) is 3.38. The molecule has 1 saturated heterocycles. The van der Waals surface area contributed by atoms with Crippen molar-refractivity contribution >= 4 is 11.9 Å². The number of aryl methyl sites for hydroxylation is 2. The quantitative estimate of drug-likeness (QED) is 0.844. The lowest BCUT2D eigenvalue weighted by molar-refractivity contribution is -0.143. The van der Waals surface area contributed by atoms with Gasteiger partial charge in [-0.3, -0.25) is 9.48 Å². The first-order valence-electron chi connectivity index (χ1n) is 6.05. The molecule has 2 heterocycles. The molecular formula is C12H17N3O3. The second kappa shape index (κ2) is 4.80. The molecule has 6 nitrogen and oxygen atoms in total. The number of aliphatic carboxylic acids is 1. The van der Waals surface area contributed by atoms with Crippen LogP contribution in [0.3, 0.4) is 0 Å². The third kappa shape index (κ3) is 2.23. The van der Waals surface area contributed by atoms with Crippen LogP contribution in [0, 0.1) is 6.92 Å². The first-order valence-corrected chi connectivity index (χ1v) is 6.05. The number of carboxylic acids is 1. The number of hydrogen-bond donors (Lipinski definition) is 1. The first kappa shape index (κ1) is 12.6. The van der Waals surface area contributed by atoms with Crippen molar-refractivity contribution in [2.24, 2.45) is 7.05 Å². The Labute approximate surface area is 105 Å². The molecule has 0 radical (unpaired) electrons. The number of hydrogen-bond acceptors (Lipinski definition) is 3. The summed E-state index contributed by atoms with van der Waals surface area (Å²) in [6.45, 7) is 2.35. The minimum absolute atomic E-state index is 0.286. The maximum absolute atomic E-state index is 12.3. The van der Waals surface area contributed by atoms with Crippen molar-refractivity contribution in [1.82, 2.24) is 14.7 Å². The number of nitrogens with zero attached hydrogens (tertiary/aromatic N) is 3. The van der Waals surface area contributed by atoms with Crippen molar-refractivity contribution in [3.8, 4) is 0 Å². The number of carboxylic acid groups (broad SMARTS) is 1. The summed E-state index contributed by atoms with van der Waals surface area (Å²) in [5.41, 5.74) is 1.20. The van der Waals surface area contributed by atoms with E-state index in [1.165, 1.54) is 4.90 Å². The zero-order chi connectivity index (χ0) is 13.3. The molecule has 1 unspecified atom stereocenters. The van der Waals surface area contributed by atoms with Crippen molar-refractivity contribution < 1.29 is 14.7 Å². The number of amides is 1. The fourth-order valence-corrected chi connectivity index (χ4v) is 2.24. The van der Waals surface area contributed by atoms with Gasteiger partial charge in [0.15, 0.2) is 5.69 Å². The second-order valence-electron chi connectivity index (χ2n) is 4.64. The molecule has 1 aliphatic heterocycles. The van der Waals surface area contributed by atoms with E-state index in [0.717, 1.165) is 18.5 Å². The van der Waals surface area contributed by atoms with Crippen molar-refractivity contribution in [3.63, 3.8) is 0 Å². The molecule has 0 aromatic carbocycles. The predicted molar refractivity (Wildman–Crippen MR) is 64.3 cm³/mol. The monoisotopic (exact) mass is 251 g/mol. The van der Waals surface area contributed by atoms with Crippen LogP contribution in [0.5, 0.6) is 0 Å². The van der Waals surface area contributed by atoms with Crippen LogP contribution >= 0.6 is 0 Å². The average molecular weight is 251 g/mol. The van der Waals surface area contributed by atoms with Gasteiger partial charge in [-0.05, 0) is 32.3 Å². The van der Waals surface area contributed by atoms with Crippen molar-refractivity contribution in [3.05, 3.63) is 17.5 Å². The van der Waals surface area contributed by atoms with Crippen LogP contribution < -0.4 is 0 Å². The molecule has 1 N–H and O–H groups in total. The highest BCUT2D eigenvalue weighted by Crippen LogP contribution is 2.19. The molecule has 1 amide bonds. The van der Waals surface area contributed by atoms with Crippen LogP contribution in [0.25, 0.3) is 0 Å². The van der Waals surface area contributed by atoms with Crippen molar-refractivity contribution in [2.45, 2.75) is 32.2 Å². The summed E-state index contributed by atoms with van der Waals surface area (Å²) in [6.07, 6.45) is 2.22. The molecule has 1 aromatic rings. The van der Waals surface area contributed by atoms with E-state index >= 15 is 0 Å². The summed E-state index contributed by atoms with van der Waals surface area (Å²) in [4.78, 5) is 24.8. The summed E-state index contributed by atoms with van der Waals surface area (Å²) in [7, 11) is 1.76. The zero-order valence-electron chi connectivity index (χ0n) is 10.6. The van der Waals surface area contributed by atoms with Gasteiger partial charge in [0, 0.05) is 19.3 Å². The molecule has 0 bridgehead atoms. The van der Waals surface area contributed by atoms with Gasteiger partial charge in [0.05, 0.1) is 0 Å². The van der Waals surface area contributed by atoms with E-state index in [0.29, 0.717) is 18.7 Å². The fourth-order valence-electron chi connectivity index (χ4n) is 2.24. The van der Waals surface area contributed by atoms with E-state index in [1.807, 2.05) is 6.92 Å². The molecule has 18 heavy (non-hydrogen) atoms. The standard InChI is InChI=1S/C12H17N3O3/c1-8-7-9(13-14(8)2)11(16)15-6-4-3-5-10(15)12(17)18/h7,10H,3-6H2,1-2H3,(H,17,18). The SMILES string of the molecule is Cc1cc(C(=O)N2CCCCC2C(=O)O)nn1C. The maximum Gasteiger partial charge on any atom is 0.326 e. The lowest BCUT2D eigenvalue weighted by atomic mass is 10.0. The number of piperidine rings is 1. The number of carbonyl (C=O) groups excluding carboxylic acids is 1. The lowest BCUT2D eigenvalue weighted by Crippen LogP contribution is -2.48. The smallest absolute Gasteiger partial charge is 0.326 e. The number of likely N-dealkylation sites (tertiary alicyclic amines) is 1. The van der Waals surface area contributed by atoms with E-state index in [4.69, 9.17) is 5.11 Å². The molecule has 0 aliphatic carbocycles. The minimum atomic E-state index is -0.935. The maximum atomic E-state index is 12.3. The van der Waals surface area contributed by atoms with Crippen LogP contribution in [0.4, 0.5) is 0 Å².